The Morgan fingerprint density at radius 1 is 0.885 bits per heavy atom. The maximum Gasteiger partial charge on any atom is 0.408 e. The lowest BCUT2D eigenvalue weighted by Gasteiger charge is -2.24. The van der Waals surface area contributed by atoms with E-state index in [1.165, 1.54) is 0 Å². The third-order valence-electron chi connectivity index (χ3n) is 4.09. The van der Waals surface area contributed by atoms with Crippen LogP contribution < -0.4 is 10.6 Å². The van der Waals surface area contributed by atoms with Crippen LogP contribution in [0.4, 0.5) is 4.79 Å². The average Bonchev–Trinajstić information content (AvgIpc) is 2.65. The van der Waals surface area contributed by atoms with Crippen LogP contribution in [-0.4, -0.2) is 18.0 Å². The zero-order valence-corrected chi connectivity index (χ0v) is 15.4. The molecule has 2 N–H and O–H groups in total. The van der Waals surface area contributed by atoms with E-state index in [4.69, 9.17) is 4.74 Å². The first-order chi connectivity index (χ1) is 12.5. The zero-order chi connectivity index (χ0) is 18.9. The molecule has 2 aromatic rings. The molecule has 2 aromatic carbocycles. The highest BCUT2D eigenvalue weighted by molar-refractivity contribution is 5.86. The lowest BCUT2D eigenvalue weighted by molar-refractivity contribution is -0.124. The summed E-state index contributed by atoms with van der Waals surface area (Å²) >= 11 is 0. The van der Waals surface area contributed by atoms with Crippen LogP contribution in [-0.2, 0) is 16.1 Å². The van der Waals surface area contributed by atoms with Crippen molar-refractivity contribution in [3.8, 4) is 0 Å². The van der Waals surface area contributed by atoms with Gasteiger partial charge in [0.05, 0.1) is 6.04 Å². The smallest absolute Gasteiger partial charge is 0.408 e. The van der Waals surface area contributed by atoms with Gasteiger partial charge in [-0.05, 0) is 24.0 Å². The predicted molar refractivity (Wildman–Crippen MR) is 101 cm³/mol. The molecule has 0 aliphatic heterocycles. The molecule has 0 radical (unpaired) electrons. The van der Waals surface area contributed by atoms with Gasteiger partial charge in [-0.1, -0.05) is 74.5 Å². The molecule has 0 saturated carbocycles. The number of benzene rings is 2. The SMILES string of the molecule is CC(C)[C@@H](NC(=O)OCc1ccccc1)C(=O)N[C@@H](C)c1ccccc1. The fourth-order valence-corrected chi connectivity index (χ4v) is 2.55. The lowest BCUT2D eigenvalue weighted by atomic mass is 10.0. The molecule has 0 aromatic heterocycles. The highest BCUT2D eigenvalue weighted by Gasteiger charge is 2.26. The van der Waals surface area contributed by atoms with E-state index in [0.29, 0.717) is 0 Å². The Morgan fingerprint density at radius 3 is 2.04 bits per heavy atom. The Balaban J connectivity index is 1.90. The average molecular weight is 354 g/mol. The highest BCUT2D eigenvalue weighted by Crippen LogP contribution is 2.13. The number of nitrogens with one attached hydrogen (secondary N) is 2. The van der Waals surface area contributed by atoms with Crippen LogP contribution >= 0.6 is 0 Å². The molecule has 0 heterocycles. The van der Waals surface area contributed by atoms with Gasteiger partial charge in [0, 0.05) is 0 Å². The van der Waals surface area contributed by atoms with Crippen molar-refractivity contribution in [2.45, 2.75) is 39.5 Å². The fourth-order valence-electron chi connectivity index (χ4n) is 2.55. The summed E-state index contributed by atoms with van der Waals surface area (Å²) in [5.41, 5.74) is 1.90. The summed E-state index contributed by atoms with van der Waals surface area (Å²) < 4.78 is 5.22. The first kappa shape index (κ1) is 19.5. The largest absolute Gasteiger partial charge is 0.445 e. The van der Waals surface area contributed by atoms with E-state index in [-0.39, 0.29) is 24.5 Å². The molecular formula is C21H26N2O3. The normalized spacial score (nSPS) is 12.9. The number of alkyl carbamates (subject to hydrolysis) is 1. The van der Waals surface area contributed by atoms with Crippen LogP contribution in [0.2, 0.25) is 0 Å². The quantitative estimate of drug-likeness (QED) is 0.794. The summed E-state index contributed by atoms with van der Waals surface area (Å²) in [4.78, 5) is 24.7. The number of amides is 2. The summed E-state index contributed by atoms with van der Waals surface area (Å²) in [6.45, 7) is 5.85. The van der Waals surface area contributed by atoms with Crippen LogP contribution in [0.1, 0.15) is 37.9 Å². The number of carbonyl (C=O) groups is 2. The Morgan fingerprint density at radius 2 is 1.46 bits per heavy atom. The van der Waals surface area contributed by atoms with Gasteiger partial charge >= 0.3 is 6.09 Å². The summed E-state index contributed by atoms with van der Waals surface area (Å²) in [5.74, 6) is -0.296. The summed E-state index contributed by atoms with van der Waals surface area (Å²) in [6.07, 6.45) is -0.602. The van der Waals surface area contributed by atoms with Gasteiger partial charge in [0.15, 0.2) is 0 Å². The topological polar surface area (TPSA) is 67.4 Å². The number of ether oxygens (including phenoxy) is 1. The van der Waals surface area contributed by atoms with E-state index in [0.717, 1.165) is 11.1 Å². The van der Waals surface area contributed by atoms with Crippen LogP contribution in [0.15, 0.2) is 60.7 Å². The molecule has 2 amide bonds. The number of rotatable bonds is 7. The van der Waals surface area contributed by atoms with Gasteiger partial charge in [-0.2, -0.15) is 0 Å². The van der Waals surface area contributed by atoms with Gasteiger partial charge in [-0.15, -0.1) is 0 Å². The first-order valence-corrected chi connectivity index (χ1v) is 8.80. The molecule has 5 nitrogen and oxygen atoms in total. The Kier molecular flexibility index (Phi) is 7.21. The molecule has 0 aliphatic rings. The maximum atomic E-state index is 12.6. The summed E-state index contributed by atoms with van der Waals surface area (Å²) in [6, 6.07) is 18.3. The third-order valence-corrected chi connectivity index (χ3v) is 4.09. The van der Waals surface area contributed by atoms with Crippen molar-refractivity contribution in [3.05, 3.63) is 71.8 Å². The summed E-state index contributed by atoms with van der Waals surface area (Å²) in [5, 5.41) is 5.62. The standard InChI is InChI=1S/C21H26N2O3/c1-15(2)19(20(24)22-16(3)18-12-8-5-9-13-18)23-21(25)26-14-17-10-6-4-7-11-17/h4-13,15-16,19H,14H2,1-3H3,(H,22,24)(H,23,25)/t16-,19+/m0/s1. The van der Waals surface area contributed by atoms with Gasteiger partial charge in [-0.3, -0.25) is 4.79 Å². The predicted octanol–water partition coefficient (Wildman–Crippen LogP) is 3.81. The van der Waals surface area contributed by atoms with Gasteiger partial charge in [0.2, 0.25) is 5.91 Å². The van der Waals surface area contributed by atoms with E-state index in [1.807, 2.05) is 81.4 Å². The van der Waals surface area contributed by atoms with E-state index in [1.54, 1.807) is 0 Å². The molecular weight excluding hydrogens is 328 g/mol. The molecule has 0 unspecified atom stereocenters. The molecule has 138 valence electrons. The second-order valence-electron chi connectivity index (χ2n) is 6.57. The minimum Gasteiger partial charge on any atom is -0.445 e. The second-order valence-corrected chi connectivity index (χ2v) is 6.57. The molecule has 0 bridgehead atoms. The van der Waals surface area contributed by atoms with Crippen LogP contribution in [0.3, 0.4) is 0 Å². The van der Waals surface area contributed by atoms with E-state index >= 15 is 0 Å². The lowest BCUT2D eigenvalue weighted by Crippen LogP contribution is -2.50. The Hall–Kier alpha value is -2.82. The molecule has 0 aliphatic carbocycles. The summed E-state index contributed by atoms with van der Waals surface area (Å²) in [7, 11) is 0. The molecule has 0 saturated heterocycles. The molecule has 0 fully saturated rings. The zero-order valence-electron chi connectivity index (χ0n) is 15.4. The fraction of sp³-hybridized carbons (Fsp3) is 0.333. The first-order valence-electron chi connectivity index (χ1n) is 8.80. The van der Waals surface area contributed by atoms with Crippen molar-refractivity contribution in [1.82, 2.24) is 10.6 Å². The van der Waals surface area contributed by atoms with Crippen molar-refractivity contribution < 1.29 is 14.3 Å². The van der Waals surface area contributed by atoms with Crippen molar-refractivity contribution >= 4 is 12.0 Å². The molecule has 2 atom stereocenters. The van der Waals surface area contributed by atoms with Gasteiger partial charge in [-0.25, -0.2) is 4.79 Å². The minimum absolute atomic E-state index is 0.0674. The number of carbonyl (C=O) groups excluding carboxylic acids is 2. The maximum absolute atomic E-state index is 12.6. The van der Waals surface area contributed by atoms with Gasteiger partial charge < -0.3 is 15.4 Å². The van der Waals surface area contributed by atoms with Crippen LogP contribution in [0.25, 0.3) is 0 Å². The van der Waals surface area contributed by atoms with Crippen molar-refractivity contribution in [2.75, 3.05) is 0 Å². The van der Waals surface area contributed by atoms with Gasteiger partial charge in [0.25, 0.3) is 0 Å². The Bertz CT molecular complexity index is 702. The second kappa shape index (κ2) is 9.61. The van der Waals surface area contributed by atoms with Crippen molar-refractivity contribution in [2.24, 2.45) is 5.92 Å². The molecule has 5 heteroatoms. The minimum atomic E-state index is -0.663. The van der Waals surface area contributed by atoms with E-state index < -0.39 is 12.1 Å². The van der Waals surface area contributed by atoms with Gasteiger partial charge in [0.1, 0.15) is 12.6 Å². The molecule has 2 rings (SSSR count). The van der Waals surface area contributed by atoms with E-state index in [9.17, 15) is 9.59 Å². The van der Waals surface area contributed by atoms with Crippen molar-refractivity contribution in [1.29, 1.82) is 0 Å². The Labute approximate surface area is 154 Å². The monoisotopic (exact) mass is 354 g/mol. The third kappa shape index (κ3) is 5.92. The van der Waals surface area contributed by atoms with Crippen molar-refractivity contribution in [3.63, 3.8) is 0 Å². The molecule has 26 heavy (non-hydrogen) atoms. The number of hydrogen-bond acceptors (Lipinski definition) is 3. The van der Waals surface area contributed by atoms with Crippen LogP contribution in [0.5, 0.6) is 0 Å². The highest BCUT2D eigenvalue weighted by atomic mass is 16.5. The van der Waals surface area contributed by atoms with E-state index in [2.05, 4.69) is 10.6 Å². The number of hydrogen-bond donors (Lipinski definition) is 2. The molecule has 0 spiro atoms. The van der Waals surface area contributed by atoms with Crippen LogP contribution in [0, 0.1) is 5.92 Å².